The number of aromatic nitrogens is 4. The van der Waals surface area contributed by atoms with Gasteiger partial charge in [-0.15, -0.1) is 5.10 Å². The lowest BCUT2D eigenvalue weighted by molar-refractivity contribution is -0.116. The third-order valence-corrected chi connectivity index (χ3v) is 4.43. The molecule has 2 heterocycles. The molecular formula is C19H18N6O3. The fourth-order valence-electron chi connectivity index (χ4n) is 2.91. The maximum atomic E-state index is 12.6. The smallest absolute Gasteiger partial charge is 0.255 e. The topological polar surface area (TPSA) is 111 Å². The van der Waals surface area contributed by atoms with Crippen molar-refractivity contribution in [2.45, 2.75) is 19.4 Å². The van der Waals surface area contributed by atoms with Gasteiger partial charge in [-0.1, -0.05) is 6.07 Å². The molecule has 0 saturated heterocycles. The Morgan fingerprint density at radius 1 is 1.25 bits per heavy atom. The average molecular weight is 378 g/mol. The summed E-state index contributed by atoms with van der Waals surface area (Å²) in [5.74, 6) is 0.892. The number of tetrazole rings is 1. The van der Waals surface area contributed by atoms with Gasteiger partial charge < -0.3 is 15.4 Å². The van der Waals surface area contributed by atoms with Crippen LogP contribution >= 0.6 is 0 Å². The quantitative estimate of drug-likeness (QED) is 0.702. The molecule has 0 atom stereocenters. The molecule has 9 heteroatoms. The number of hydrogen-bond acceptors (Lipinski definition) is 6. The minimum atomic E-state index is -0.245. The summed E-state index contributed by atoms with van der Waals surface area (Å²) in [6.07, 6.45) is 1.11. The number of carbonyl (C=O) groups excluding carboxylic acids is 2. The predicted octanol–water partition coefficient (Wildman–Crippen LogP) is 1.93. The highest BCUT2D eigenvalue weighted by molar-refractivity contribution is 6.05. The first-order valence-electron chi connectivity index (χ1n) is 8.77. The Labute approximate surface area is 160 Å². The van der Waals surface area contributed by atoms with E-state index in [-0.39, 0.29) is 18.4 Å². The minimum absolute atomic E-state index is 0.0122. The Balaban J connectivity index is 1.43. The molecule has 1 aliphatic heterocycles. The summed E-state index contributed by atoms with van der Waals surface area (Å²) >= 11 is 0. The van der Waals surface area contributed by atoms with E-state index in [1.54, 1.807) is 43.4 Å². The van der Waals surface area contributed by atoms with E-state index >= 15 is 0 Å². The Hall–Kier alpha value is -3.75. The maximum Gasteiger partial charge on any atom is 0.255 e. The lowest BCUT2D eigenvalue weighted by Crippen LogP contribution is -2.19. The summed E-state index contributed by atoms with van der Waals surface area (Å²) in [4.78, 5) is 24.0. The van der Waals surface area contributed by atoms with Crippen molar-refractivity contribution >= 4 is 23.2 Å². The zero-order valence-corrected chi connectivity index (χ0v) is 15.2. The standard InChI is InChI=1S/C19H18N6O3/c1-25-17(22-23-24-25)11-28-15-4-2-3-13(10-15)19(27)20-14-6-7-16-12(9-14)5-8-18(26)21-16/h2-4,6-7,9-10H,5,8,11H2,1H3,(H,20,27)(H,21,26). The normalized spacial score (nSPS) is 12.8. The minimum Gasteiger partial charge on any atom is -0.486 e. The maximum absolute atomic E-state index is 12.6. The first kappa shape index (κ1) is 17.7. The Bertz CT molecular complexity index is 1050. The number of benzene rings is 2. The summed E-state index contributed by atoms with van der Waals surface area (Å²) in [6.45, 7) is 0.200. The van der Waals surface area contributed by atoms with E-state index in [0.29, 0.717) is 35.7 Å². The van der Waals surface area contributed by atoms with Gasteiger partial charge in [-0.2, -0.15) is 0 Å². The van der Waals surface area contributed by atoms with Gasteiger partial charge in [0.25, 0.3) is 5.91 Å². The summed E-state index contributed by atoms with van der Waals surface area (Å²) in [7, 11) is 1.73. The molecule has 1 aromatic heterocycles. The largest absolute Gasteiger partial charge is 0.486 e. The predicted molar refractivity (Wildman–Crippen MR) is 101 cm³/mol. The van der Waals surface area contributed by atoms with Crippen molar-refractivity contribution in [1.82, 2.24) is 20.2 Å². The van der Waals surface area contributed by atoms with Crippen LogP contribution in [0, 0.1) is 0 Å². The van der Waals surface area contributed by atoms with Crippen LogP contribution in [0.25, 0.3) is 0 Å². The van der Waals surface area contributed by atoms with Crippen LogP contribution in [0.1, 0.15) is 28.2 Å². The number of nitrogens with zero attached hydrogens (tertiary/aromatic N) is 4. The summed E-state index contributed by atoms with van der Waals surface area (Å²) in [5.41, 5.74) is 2.95. The number of hydrogen-bond donors (Lipinski definition) is 2. The molecule has 28 heavy (non-hydrogen) atoms. The molecule has 2 aromatic carbocycles. The Morgan fingerprint density at radius 3 is 2.96 bits per heavy atom. The Morgan fingerprint density at radius 2 is 2.14 bits per heavy atom. The van der Waals surface area contributed by atoms with E-state index in [0.717, 1.165) is 11.3 Å². The molecule has 0 saturated carbocycles. The number of carbonyl (C=O) groups is 2. The third kappa shape index (κ3) is 3.83. The molecule has 2 N–H and O–H groups in total. The second-order valence-electron chi connectivity index (χ2n) is 6.41. The zero-order valence-electron chi connectivity index (χ0n) is 15.2. The van der Waals surface area contributed by atoms with Crippen LogP contribution in [0.4, 0.5) is 11.4 Å². The molecule has 2 amide bonds. The number of anilines is 2. The molecule has 0 fully saturated rings. The van der Waals surface area contributed by atoms with Crippen molar-refractivity contribution in [1.29, 1.82) is 0 Å². The van der Waals surface area contributed by atoms with Crippen LogP contribution in [0.5, 0.6) is 5.75 Å². The molecule has 0 bridgehead atoms. The van der Waals surface area contributed by atoms with E-state index in [1.165, 1.54) is 4.68 Å². The molecule has 1 aliphatic rings. The van der Waals surface area contributed by atoms with Gasteiger partial charge in [0.2, 0.25) is 5.91 Å². The van der Waals surface area contributed by atoms with Crippen molar-refractivity contribution in [3.63, 3.8) is 0 Å². The van der Waals surface area contributed by atoms with Gasteiger partial charge in [0.1, 0.15) is 12.4 Å². The molecule has 0 aliphatic carbocycles. The monoisotopic (exact) mass is 378 g/mol. The van der Waals surface area contributed by atoms with Crippen molar-refractivity contribution in [2.24, 2.45) is 7.05 Å². The Kier molecular flexibility index (Phi) is 4.71. The molecule has 3 aromatic rings. The highest BCUT2D eigenvalue weighted by atomic mass is 16.5. The molecule has 9 nitrogen and oxygen atoms in total. The van der Waals surface area contributed by atoms with Crippen molar-refractivity contribution in [3.05, 3.63) is 59.4 Å². The van der Waals surface area contributed by atoms with Gasteiger partial charge in [-0.25, -0.2) is 4.68 Å². The lowest BCUT2D eigenvalue weighted by atomic mass is 10.0. The van der Waals surface area contributed by atoms with Crippen LogP contribution < -0.4 is 15.4 Å². The number of amides is 2. The first-order chi connectivity index (χ1) is 13.6. The summed E-state index contributed by atoms with van der Waals surface area (Å²) < 4.78 is 7.20. The number of ether oxygens (including phenoxy) is 1. The van der Waals surface area contributed by atoms with E-state index < -0.39 is 0 Å². The number of fused-ring (bicyclic) bond motifs is 1. The van der Waals surface area contributed by atoms with E-state index in [4.69, 9.17) is 4.74 Å². The summed E-state index contributed by atoms with van der Waals surface area (Å²) in [5, 5.41) is 16.9. The second-order valence-corrected chi connectivity index (χ2v) is 6.41. The molecular weight excluding hydrogens is 360 g/mol. The second kappa shape index (κ2) is 7.47. The SMILES string of the molecule is Cn1nnnc1COc1cccc(C(=O)Nc2ccc3c(c2)CCC(=O)N3)c1. The van der Waals surface area contributed by atoms with E-state index in [1.807, 2.05) is 6.07 Å². The van der Waals surface area contributed by atoms with Crippen LogP contribution in [-0.4, -0.2) is 32.0 Å². The van der Waals surface area contributed by atoms with Gasteiger partial charge in [-0.05, 0) is 58.8 Å². The number of aryl methyl sites for hydroxylation is 2. The van der Waals surface area contributed by atoms with Crippen LogP contribution in [0.15, 0.2) is 42.5 Å². The molecule has 0 spiro atoms. The van der Waals surface area contributed by atoms with E-state index in [2.05, 4.69) is 26.2 Å². The first-order valence-corrected chi connectivity index (χ1v) is 8.77. The fraction of sp³-hybridized carbons (Fsp3) is 0.211. The molecule has 142 valence electrons. The average Bonchev–Trinajstić information content (AvgIpc) is 3.11. The number of rotatable bonds is 5. The fourth-order valence-corrected chi connectivity index (χ4v) is 2.91. The molecule has 0 radical (unpaired) electrons. The van der Waals surface area contributed by atoms with Crippen LogP contribution in [0.2, 0.25) is 0 Å². The van der Waals surface area contributed by atoms with Crippen molar-refractivity contribution in [3.8, 4) is 5.75 Å². The van der Waals surface area contributed by atoms with Crippen LogP contribution in [0.3, 0.4) is 0 Å². The van der Waals surface area contributed by atoms with Crippen molar-refractivity contribution < 1.29 is 14.3 Å². The van der Waals surface area contributed by atoms with Gasteiger partial charge in [-0.3, -0.25) is 9.59 Å². The van der Waals surface area contributed by atoms with Gasteiger partial charge in [0.15, 0.2) is 5.82 Å². The zero-order chi connectivity index (χ0) is 19.5. The van der Waals surface area contributed by atoms with Gasteiger partial charge in [0, 0.05) is 30.4 Å². The molecule has 0 unspecified atom stereocenters. The van der Waals surface area contributed by atoms with Gasteiger partial charge in [0.05, 0.1) is 0 Å². The van der Waals surface area contributed by atoms with Crippen LogP contribution in [-0.2, 0) is 24.9 Å². The molecule has 4 rings (SSSR count). The number of nitrogens with one attached hydrogen (secondary N) is 2. The highest BCUT2D eigenvalue weighted by Gasteiger charge is 2.16. The van der Waals surface area contributed by atoms with Gasteiger partial charge >= 0.3 is 0 Å². The van der Waals surface area contributed by atoms with E-state index in [9.17, 15) is 9.59 Å². The third-order valence-electron chi connectivity index (χ3n) is 4.43. The lowest BCUT2D eigenvalue weighted by Gasteiger charge is -2.17. The highest BCUT2D eigenvalue weighted by Crippen LogP contribution is 2.26. The van der Waals surface area contributed by atoms with Crippen molar-refractivity contribution in [2.75, 3.05) is 10.6 Å². The summed E-state index contributed by atoms with van der Waals surface area (Å²) in [6, 6.07) is 12.3.